The molecule has 1 fully saturated rings. The van der Waals surface area contributed by atoms with Crippen LogP contribution in [0.2, 0.25) is 0 Å². The molecule has 4 heteroatoms. The number of hydrogen-bond acceptors (Lipinski definition) is 2. The van der Waals surface area contributed by atoms with Crippen molar-refractivity contribution in [2.75, 3.05) is 6.61 Å². The summed E-state index contributed by atoms with van der Waals surface area (Å²) in [7, 11) is 0. The maximum Gasteiger partial charge on any atom is 0.123 e. The normalized spacial score (nSPS) is 20.3. The van der Waals surface area contributed by atoms with Gasteiger partial charge in [0, 0.05) is 21.3 Å². The Labute approximate surface area is 184 Å². The molecular formula is C25H23FINO. The molecule has 2 aliphatic heterocycles. The van der Waals surface area contributed by atoms with Crippen LogP contribution in [0.4, 0.5) is 4.39 Å². The molecule has 2 nitrogen and oxygen atoms in total. The molecule has 1 saturated heterocycles. The predicted octanol–water partition coefficient (Wildman–Crippen LogP) is 6.87. The molecule has 2 aromatic rings. The lowest BCUT2D eigenvalue weighted by molar-refractivity contribution is 0.0388. The summed E-state index contributed by atoms with van der Waals surface area (Å²) < 4.78 is 20.7. The maximum absolute atomic E-state index is 13.6. The van der Waals surface area contributed by atoms with E-state index in [4.69, 9.17) is 9.73 Å². The molecule has 2 heterocycles. The van der Waals surface area contributed by atoms with Crippen molar-refractivity contribution < 1.29 is 9.13 Å². The number of ether oxygens (including phenoxy) is 1. The van der Waals surface area contributed by atoms with E-state index in [1.807, 2.05) is 12.1 Å². The van der Waals surface area contributed by atoms with Gasteiger partial charge < -0.3 is 4.74 Å². The van der Waals surface area contributed by atoms with E-state index in [0.717, 1.165) is 36.4 Å². The van der Waals surface area contributed by atoms with E-state index in [0.29, 0.717) is 5.92 Å². The minimum absolute atomic E-state index is 0.121. The lowest BCUT2D eigenvalue weighted by atomic mass is 9.87. The maximum atomic E-state index is 13.6. The van der Waals surface area contributed by atoms with E-state index in [9.17, 15) is 4.39 Å². The molecule has 0 spiro atoms. The molecule has 0 amide bonds. The molecule has 148 valence electrons. The largest absolute Gasteiger partial charge is 0.372 e. The van der Waals surface area contributed by atoms with Gasteiger partial charge >= 0.3 is 0 Å². The predicted molar refractivity (Wildman–Crippen MR) is 125 cm³/mol. The first-order valence-electron chi connectivity index (χ1n) is 10.3. The van der Waals surface area contributed by atoms with Crippen LogP contribution in [-0.2, 0) is 4.74 Å². The van der Waals surface area contributed by atoms with Gasteiger partial charge in [0.1, 0.15) is 5.82 Å². The standard InChI is InChI=1S/C25H23FINO/c1-14(2)18-13-20(27)24-19(23(18)15-6-8-17(26)9-7-15)11-16-12-21(28-25(16)24)22-5-3-4-10-29-22/h6-9,11-14,22H,3-5,10H2,1-2H3. The van der Waals surface area contributed by atoms with Crippen LogP contribution < -0.4 is 0 Å². The summed E-state index contributed by atoms with van der Waals surface area (Å²) >= 11 is 2.44. The summed E-state index contributed by atoms with van der Waals surface area (Å²) in [5.74, 6) is 0.165. The zero-order chi connectivity index (χ0) is 20.1. The Balaban J connectivity index is 1.65. The molecular weight excluding hydrogens is 476 g/mol. The van der Waals surface area contributed by atoms with Gasteiger partial charge in [0.05, 0.1) is 17.5 Å². The van der Waals surface area contributed by atoms with Crippen molar-refractivity contribution in [3.63, 3.8) is 0 Å². The van der Waals surface area contributed by atoms with Crippen LogP contribution in [0.15, 0.2) is 52.7 Å². The number of aliphatic imine (C=N–C) groups is 1. The smallest absolute Gasteiger partial charge is 0.123 e. The zero-order valence-electron chi connectivity index (χ0n) is 16.6. The summed E-state index contributed by atoms with van der Waals surface area (Å²) in [6.07, 6.45) is 7.97. The van der Waals surface area contributed by atoms with Crippen molar-refractivity contribution in [1.29, 1.82) is 0 Å². The van der Waals surface area contributed by atoms with Crippen molar-refractivity contribution in [2.24, 2.45) is 4.99 Å². The fraction of sp³-hybridized carbons (Fsp3) is 0.320. The quantitative estimate of drug-likeness (QED) is 0.423. The van der Waals surface area contributed by atoms with Crippen molar-refractivity contribution >= 4 is 34.4 Å². The number of fused-ring (bicyclic) bond motifs is 3. The third-order valence-corrected chi connectivity index (χ3v) is 6.82. The monoisotopic (exact) mass is 499 g/mol. The highest BCUT2D eigenvalue weighted by molar-refractivity contribution is 14.1. The van der Waals surface area contributed by atoms with Gasteiger partial charge in [0.2, 0.25) is 0 Å². The first-order chi connectivity index (χ1) is 14.0. The molecule has 0 saturated carbocycles. The molecule has 5 rings (SSSR count). The summed E-state index contributed by atoms with van der Waals surface area (Å²) in [6, 6.07) is 9.13. The van der Waals surface area contributed by atoms with E-state index in [1.165, 1.54) is 37.8 Å². The second-order valence-electron chi connectivity index (χ2n) is 8.26. The Morgan fingerprint density at radius 3 is 2.59 bits per heavy atom. The number of halogens is 2. The zero-order valence-corrected chi connectivity index (χ0v) is 18.8. The number of nitrogens with zero attached hydrogens (tertiary/aromatic N) is 1. The topological polar surface area (TPSA) is 21.6 Å². The summed E-state index contributed by atoms with van der Waals surface area (Å²) in [6.45, 7) is 5.25. The van der Waals surface area contributed by atoms with E-state index < -0.39 is 0 Å². The molecule has 29 heavy (non-hydrogen) atoms. The number of allylic oxidation sites excluding steroid dienone is 2. The van der Waals surface area contributed by atoms with Crippen molar-refractivity contribution in [3.8, 4) is 11.1 Å². The van der Waals surface area contributed by atoms with E-state index in [2.05, 4.69) is 54.7 Å². The van der Waals surface area contributed by atoms with Crippen molar-refractivity contribution in [2.45, 2.75) is 45.1 Å². The van der Waals surface area contributed by atoms with Crippen LogP contribution >= 0.6 is 22.6 Å². The van der Waals surface area contributed by atoms with Gasteiger partial charge in [-0.1, -0.05) is 26.0 Å². The summed E-state index contributed by atoms with van der Waals surface area (Å²) in [4.78, 5) is 5.02. The van der Waals surface area contributed by atoms with Crippen LogP contribution in [0, 0.1) is 9.39 Å². The Kier molecular flexibility index (Phi) is 4.95. The molecule has 1 unspecified atom stereocenters. The molecule has 3 aliphatic rings. The highest BCUT2D eigenvalue weighted by atomic mass is 127. The van der Waals surface area contributed by atoms with Crippen LogP contribution in [0.3, 0.4) is 0 Å². The van der Waals surface area contributed by atoms with Gasteiger partial charge in [0.25, 0.3) is 0 Å². The first kappa shape index (κ1) is 19.2. The van der Waals surface area contributed by atoms with E-state index >= 15 is 0 Å². The Morgan fingerprint density at radius 2 is 1.90 bits per heavy atom. The molecule has 0 bridgehead atoms. The van der Waals surface area contributed by atoms with Gasteiger partial charge in [0.15, 0.2) is 0 Å². The SMILES string of the molecule is CC(C)c1cc(I)c2c(c1-c1ccc(F)cc1)C=C1C=C(C3CCCCO3)N=C12. The molecule has 0 radical (unpaired) electrons. The Morgan fingerprint density at radius 1 is 1.10 bits per heavy atom. The molecule has 0 aromatic heterocycles. The molecule has 1 atom stereocenters. The average Bonchev–Trinajstić information content (AvgIpc) is 3.27. The van der Waals surface area contributed by atoms with Crippen LogP contribution in [0.1, 0.15) is 55.7 Å². The van der Waals surface area contributed by atoms with Gasteiger partial charge in [-0.3, -0.25) is 0 Å². The lowest BCUT2D eigenvalue weighted by Gasteiger charge is -2.22. The lowest BCUT2D eigenvalue weighted by Crippen LogP contribution is -2.20. The second-order valence-corrected chi connectivity index (χ2v) is 9.42. The van der Waals surface area contributed by atoms with Crippen LogP contribution in [-0.4, -0.2) is 18.4 Å². The number of rotatable bonds is 3. The first-order valence-corrected chi connectivity index (χ1v) is 11.4. The third-order valence-electron chi connectivity index (χ3n) is 5.97. The fourth-order valence-electron chi connectivity index (χ4n) is 4.53. The summed E-state index contributed by atoms with van der Waals surface area (Å²) in [5.41, 5.74) is 9.25. The minimum atomic E-state index is -0.207. The van der Waals surface area contributed by atoms with E-state index in [-0.39, 0.29) is 11.9 Å². The molecule has 1 aliphatic carbocycles. The van der Waals surface area contributed by atoms with Gasteiger partial charge in [-0.2, -0.15) is 0 Å². The Bertz CT molecular complexity index is 1070. The summed E-state index contributed by atoms with van der Waals surface area (Å²) in [5, 5.41) is 0. The minimum Gasteiger partial charge on any atom is -0.372 e. The number of hydrogen-bond donors (Lipinski definition) is 0. The van der Waals surface area contributed by atoms with Crippen LogP contribution in [0.5, 0.6) is 0 Å². The second kappa shape index (κ2) is 7.47. The molecule has 2 aromatic carbocycles. The number of benzene rings is 2. The third kappa shape index (κ3) is 3.30. The average molecular weight is 499 g/mol. The fourth-order valence-corrected chi connectivity index (χ4v) is 5.41. The van der Waals surface area contributed by atoms with Crippen LogP contribution in [0.25, 0.3) is 17.2 Å². The van der Waals surface area contributed by atoms with Gasteiger partial charge in [-0.25, -0.2) is 9.38 Å². The Hall–Kier alpha value is -1.79. The highest BCUT2D eigenvalue weighted by Crippen LogP contribution is 2.44. The van der Waals surface area contributed by atoms with Gasteiger partial charge in [-0.15, -0.1) is 0 Å². The van der Waals surface area contributed by atoms with E-state index in [1.54, 1.807) is 12.1 Å². The van der Waals surface area contributed by atoms with Gasteiger partial charge in [-0.05, 0) is 100 Å². The molecule has 0 N–H and O–H groups in total. The van der Waals surface area contributed by atoms with Crippen molar-refractivity contribution in [3.05, 3.63) is 73.8 Å². The van der Waals surface area contributed by atoms with Crippen molar-refractivity contribution in [1.82, 2.24) is 0 Å². The highest BCUT2D eigenvalue weighted by Gasteiger charge is 2.32.